The average Bonchev–Trinajstić information content (AvgIpc) is 2.73. The minimum absolute atomic E-state index is 0.0224. The number of nitrogens with zero attached hydrogens (tertiary/aromatic N) is 1. The van der Waals surface area contributed by atoms with Crippen molar-refractivity contribution in [1.82, 2.24) is 14.4 Å². The molecule has 0 unspecified atom stereocenters. The number of carboxylic acid groups (broad SMARTS) is 1. The van der Waals surface area contributed by atoms with Gasteiger partial charge in [-0.3, -0.25) is 0 Å². The summed E-state index contributed by atoms with van der Waals surface area (Å²) in [5.41, 5.74) is -0.0793. The van der Waals surface area contributed by atoms with Gasteiger partial charge >= 0.3 is 5.97 Å². The Morgan fingerprint density at radius 2 is 2.17 bits per heavy atom. The fourth-order valence-corrected chi connectivity index (χ4v) is 2.76. The smallest absolute Gasteiger partial charge is 0.355 e. The molecule has 0 aliphatic carbocycles. The first-order valence-corrected chi connectivity index (χ1v) is 7.58. The van der Waals surface area contributed by atoms with E-state index in [2.05, 4.69) is 14.4 Å². The molecular formula is C9H15N3O4S2. The van der Waals surface area contributed by atoms with Crippen LogP contribution in [0.25, 0.3) is 0 Å². The van der Waals surface area contributed by atoms with E-state index in [-0.39, 0.29) is 18.2 Å². The SMILES string of the molecule is CC(C)CNS(=O)(=O)NCc1nc(C(=O)O)cs1. The quantitative estimate of drug-likeness (QED) is 0.675. The summed E-state index contributed by atoms with van der Waals surface area (Å²) in [5, 5.41) is 10.4. The second-order valence-corrected chi connectivity index (χ2v) is 6.53. The van der Waals surface area contributed by atoms with Gasteiger partial charge in [0.25, 0.3) is 10.2 Å². The normalized spacial score (nSPS) is 11.9. The van der Waals surface area contributed by atoms with Crippen molar-refractivity contribution >= 4 is 27.5 Å². The van der Waals surface area contributed by atoms with Crippen molar-refractivity contribution in [1.29, 1.82) is 0 Å². The van der Waals surface area contributed by atoms with E-state index in [4.69, 9.17) is 5.11 Å². The average molecular weight is 293 g/mol. The molecule has 0 atom stereocenters. The number of carbonyl (C=O) groups is 1. The summed E-state index contributed by atoms with van der Waals surface area (Å²) in [6.07, 6.45) is 0. The zero-order valence-electron chi connectivity index (χ0n) is 10.0. The molecule has 0 aromatic carbocycles. The van der Waals surface area contributed by atoms with Crippen LogP contribution in [0.3, 0.4) is 0 Å². The van der Waals surface area contributed by atoms with E-state index in [1.54, 1.807) is 0 Å². The molecule has 1 aromatic heterocycles. The molecule has 0 saturated carbocycles. The lowest BCUT2D eigenvalue weighted by Crippen LogP contribution is -2.37. The van der Waals surface area contributed by atoms with Crippen molar-refractivity contribution in [3.8, 4) is 0 Å². The molecule has 102 valence electrons. The first kappa shape index (κ1) is 15.0. The first-order valence-electron chi connectivity index (χ1n) is 5.22. The van der Waals surface area contributed by atoms with Crippen LogP contribution in [0.2, 0.25) is 0 Å². The zero-order chi connectivity index (χ0) is 13.8. The number of rotatable bonds is 7. The first-order chi connectivity index (χ1) is 8.30. The number of thiazole rings is 1. The summed E-state index contributed by atoms with van der Waals surface area (Å²) in [6.45, 7) is 4.10. The number of aromatic carboxylic acids is 1. The number of hydrogen-bond acceptors (Lipinski definition) is 5. The van der Waals surface area contributed by atoms with Gasteiger partial charge in [-0.2, -0.15) is 13.1 Å². The predicted molar refractivity (Wildman–Crippen MR) is 67.7 cm³/mol. The lowest BCUT2D eigenvalue weighted by atomic mass is 10.2. The van der Waals surface area contributed by atoms with Crippen molar-refractivity contribution in [2.45, 2.75) is 20.4 Å². The molecule has 0 amide bonds. The minimum Gasteiger partial charge on any atom is -0.476 e. The molecule has 0 fully saturated rings. The molecule has 7 nitrogen and oxygen atoms in total. The Labute approximate surface area is 109 Å². The Balaban J connectivity index is 2.51. The van der Waals surface area contributed by atoms with Gasteiger partial charge in [0.2, 0.25) is 0 Å². The van der Waals surface area contributed by atoms with E-state index in [0.29, 0.717) is 11.6 Å². The van der Waals surface area contributed by atoms with Gasteiger partial charge in [0.15, 0.2) is 5.69 Å². The summed E-state index contributed by atoms with van der Waals surface area (Å²) in [4.78, 5) is 14.4. The summed E-state index contributed by atoms with van der Waals surface area (Å²) in [7, 11) is -3.57. The van der Waals surface area contributed by atoms with Crippen LogP contribution >= 0.6 is 11.3 Å². The molecule has 9 heteroatoms. The molecule has 18 heavy (non-hydrogen) atoms. The van der Waals surface area contributed by atoms with Crippen LogP contribution in [-0.2, 0) is 16.8 Å². The molecular weight excluding hydrogens is 278 g/mol. The number of nitrogens with one attached hydrogen (secondary N) is 2. The molecule has 1 rings (SSSR count). The van der Waals surface area contributed by atoms with E-state index in [1.807, 2.05) is 13.8 Å². The summed E-state index contributed by atoms with van der Waals surface area (Å²) in [6, 6.07) is 0. The van der Waals surface area contributed by atoms with E-state index >= 15 is 0 Å². The van der Waals surface area contributed by atoms with Gasteiger partial charge < -0.3 is 5.11 Å². The van der Waals surface area contributed by atoms with Crippen molar-refractivity contribution in [2.75, 3.05) is 6.54 Å². The highest BCUT2D eigenvalue weighted by atomic mass is 32.2. The lowest BCUT2D eigenvalue weighted by Gasteiger charge is -2.08. The third-order valence-electron chi connectivity index (χ3n) is 1.87. The van der Waals surface area contributed by atoms with Crippen molar-refractivity contribution < 1.29 is 18.3 Å². The summed E-state index contributed by atoms with van der Waals surface area (Å²) in [5.74, 6) is -0.918. The second kappa shape index (κ2) is 6.23. The summed E-state index contributed by atoms with van der Waals surface area (Å²) >= 11 is 1.10. The van der Waals surface area contributed by atoms with Crippen LogP contribution in [-0.4, -0.2) is 31.0 Å². The van der Waals surface area contributed by atoms with Gasteiger partial charge in [0, 0.05) is 11.9 Å². The van der Waals surface area contributed by atoms with Gasteiger partial charge in [-0.1, -0.05) is 13.8 Å². The Hall–Kier alpha value is -1.03. The van der Waals surface area contributed by atoms with Crippen molar-refractivity contribution in [3.63, 3.8) is 0 Å². The zero-order valence-corrected chi connectivity index (χ0v) is 11.6. The molecule has 0 radical (unpaired) electrons. The van der Waals surface area contributed by atoms with Crippen LogP contribution in [0.5, 0.6) is 0 Å². The van der Waals surface area contributed by atoms with Crippen LogP contribution in [0, 0.1) is 5.92 Å². The lowest BCUT2D eigenvalue weighted by molar-refractivity contribution is 0.0691. The largest absolute Gasteiger partial charge is 0.476 e. The number of aromatic nitrogens is 1. The molecule has 0 spiro atoms. The van der Waals surface area contributed by atoms with Gasteiger partial charge in [-0.25, -0.2) is 14.5 Å². The standard InChI is InChI=1S/C9H15N3O4S2/c1-6(2)3-10-18(15,16)11-4-8-12-7(5-17-8)9(13)14/h5-6,10-11H,3-4H2,1-2H3,(H,13,14). The van der Waals surface area contributed by atoms with Gasteiger partial charge in [-0.05, 0) is 5.92 Å². The van der Waals surface area contributed by atoms with Crippen molar-refractivity contribution in [3.05, 3.63) is 16.1 Å². The Kier molecular flexibility index (Phi) is 5.20. The maximum absolute atomic E-state index is 11.5. The Morgan fingerprint density at radius 1 is 1.50 bits per heavy atom. The molecule has 1 heterocycles. The maximum atomic E-state index is 11.5. The number of carboxylic acids is 1. The van der Waals surface area contributed by atoms with Gasteiger partial charge in [0.1, 0.15) is 5.01 Å². The highest BCUT2D eigenvalue weighted by molar-refractivity contribution is 7.87. The number of hydrogen-bond donors (Lipinski definition) is 3. The molecule has 0 aliphatic rings. The highest BCUT2D eigenvalue weighted by Crippen LogP contribution is 2.09. The third-order valence-corrected chi connectivity index (χ3v) is 3.79. The summed E-state index contributed by atoms with van der Waals surface area (Å²) < 4.78 is 27.7. The molecule has 0 saturated heterocycles. The van der Waals surface area contributed by atoms with E-state index in [0.717, 1.165) is 11.3 Å². The van der Waals surface area contributed by atoms with Crippen LogP contribution in [0.15, 0.2) is 5.38 Å². The minimum atomic E-state index is -3.57. The molecule has 1 aromatic rings. The Bertz CT molecular complexity index is 510. The van der Waals surface area contributed by atoms with E-state index < -0.39 is 16.2 Å². The third kappa shape index (κ3) is 5.08. The topological polar surface area (TPSA) is 108 Å². The fraction of sp³-hybridized carbons (Fsp3) is 0.556. The molecule has 0 bridgehead atoms. The molecule has 0 aliphatic heterocycles. The van der Waals surface area contributed by atoms with Crippen LogP contribution in [0.1, 0.15) is 29.3 Å². The maximum Gasteiger partial charge on any atom is 0.355 e. The van der Waals surface area contributed by atoms with E-state index in [1.165, 1.54) is 5.38 Å². The van der Waals surface area contributed by atoms with Crippen molar-refractivity contribution in [2.24, 2.45) is 5.92 Å². The van der Waals surface area contributed by atoms with Crippen LogP contribution in [0.4, 0.5) is 0 Å². The second-order valence-electron chi connectivity index (χ2n) is 4.00. The highest BCUT2D eigenvalue weighted by Gasteiger charge is 2.13. The van der Waals surface area contributed by atoms with Crippen LogP contribution < -0.4 is 9.44 Å². The fourth-order valence-electron chi connectivity index (χ4n) is 0.974. The predicted octanol–water partition coefficient (Wildman–Crippen LogP) is 0.421. The molecule has 3 N–H and O–H groups in total. The van der Waals surface area contributed by atoms with Gasteiger partial charge in [0.05, 0.1) is 6.54 Å². The van der Waals surface area contributed by atoms with E-state index in [9.17, 15) is 13.2 Å². The Morgan fingerprint density at radius 3 is 2.67 bits per heavy atom. The van der Waals surface area contributed by atoms with Gasteiger partial charge in [-0.15, -0.1) is 11.3 Å². The monoisotopic (exact) mass is 293 g/mol.